The molecule has 1 saturated heterocycles. The number of pyridine rings is 1. The van der Waals surface area contributed by atoms with Crippen LogP contribution in [0.15, 0.2) is 42.7 Å². The van der Waals surface area contributed by atoms with Crippen LogP contribution in [0, 0.1) is 5.82 Å². The molecular weight excluding hydrogens is 445 g/mol. The number of halogens is 4. The average molecular weight is 467 g/mol. The van der Waals surface area contributed by atoms with Crippen molar-refractivity contribution >= 4 is 29.1 Å². The SMILES string of the molecule is O=C1CCC(C(=O)N(c2cncc(F)c2)[C@H](CNC2CC(F)(F)C2)c2ccccc2Cl)N1. The van der Waals surface area contributed by atoms with E-state index in [-0.39, 0.29) is 37.4 Å². The first-order valence-electron chi connectivity index (χ1n) is 10.3. The number of hydrogen-bond acceptors (Lipinski definition) is 4. The van der Waals surface area contributed by atoms with Gasteiger partial charge in [-0.25, -0.2) is 13.2 Å². The van der Waals surface area contributed by atoms with Crippen LogP contribution in [0.2, 0.25) is 5.02 Å². The van der Waals surface area contributed by atoms with Gasteiger partial charge in [-0.15, -0.1) is 0 Å². The van der Waals surface area contributed by atoms with Gasteiger partial charge in [-0.3, -0.25) is 14.6 Å². The summed E-state index contributed by atoms with van der Waals surface area (Å²) in [6.07, 6.45) is 2.28. The number of aromatic nitrogens is 1. The third-order valence-electron chi connectivity index (χ3n) is 5.77. The number of nitrogens with zero attached hydrogens (tertiary/aromatic N) is 2. The summed E-state index contributed by atoms with van der Waals surface area (Å²) in [5, 5.41) is 6.10. The molecule has 170 valence electrons. The Morgan fingerprint density at radius 1 is 1.31 bits per heavy atom. The lowest BCUT2D eigenvalue weighted by atomic mass is 9.88. The van der Waals surface area contributed by atoms with Crippen molar-refractivity contribution in [1.29, 1.82) is 0 Å². The number of nitrogens with one attached hydrogen (secondary N) is 2. The minimum Gasteiger partial charge on any atom is -0.344 e. The van der Waals surface area contributed by atoms with E-state index in [9.17, 15) is 22.8 Å². The fourth-order valence-electron chi connectivity index (χ4n) is 4.13. The average Bonchev–Trinajstić information content (AvgIpc) is 3.16. The lowest BCUT2D eigenvalue weighted by molar-refractivity contribution is -0.124. The molecule has 2 heterocycles. The van der Waals surface area contributed by atoms with Gasteiger partial charge in [0.1, 0.15) is 11.9 Å². The Bertz CT molecular complexity index is 1010. The summed E-state index contributed by atoms with van der Waals surface area (Å²) in [4.78, 5) is 30.5. The van der Waals surface area contributed by atoms with Crippen molar-refractivity contribution in [2.45, 2.75) is 49.7 Å². The monoisotopic (exact) mass is 466 g/mol. The quantitative estimate of drug-likeness (QED) is 0.653. The molecule has 32 heavy (non-hydrogen) atoms. The summed E-state index contributed by atoms with van der Waals surface area (Å²) < 4.78 is 40.7. The molecule has 1 aromatic heterocycles. The van der Waals surface area contributed by atoms with E-state index >= 15 is 0 Å². The van der Waals surface area contributed by atoms with Crippen molar-refractivity contribution < 1.29 is 22.8 Å². The second kappa shape index (κ2) is 9.07. The molecule has 0 spiro atoms. The standard InChI is InChI=1S/C22H22ClF3N4O2/c23-17-4-2-1-3-16(17)19(12-28-14-8-22(25,26)9-14)30(15-7-13(24)10-27-11-15)21(32)18-5-6-20(31)29-18/h1-4,7,10-11,14,18-19,28H,5-6,8-9,12H2,(H,29,31)/t18?,19-/m1/s1. The van der Waals surface area contributed by atoms with Crippen LogP contribution >= 0.6 is 11.6 Å². The largest absolute Gasteiger partial charge is 0.344 e. The molecule has 1 aliphatic heterocycles. The molecule has 1 aromatic carbocycles. The minimum absolute atomic E-state index is 0.105. The molecule has 4 rings (SSSR count). The number of hydrogen-bond donors (Lipinski definition) is 2. The van der Waals surface area contributed by atoms with Crippen LogP contribution in [0.25, 0.3) is 0 Å². The second-order valence-electron chi connectivity index (χ2n) is 8.14. The van der Waals surface area contributed by atoms with E-state index in [2.05, 4.69) is 15.6 Å². The smallest absolute Gasteiger partial charge is 0.251 e. The maximum Gasteiger partial charge on any atom is 0.251 e. The molecule has 2 atom stereocenters. The van der Waals surface area contributed by atoms with Crippen molar-refractivity contribution in [3.8, 4) is 0 Å². The fraction of sp³-hybridized carbons (Fsp3) is 0.409. The van der Waals surface area contributed by atoms with Gasteiger partial charge in [0.05, 0.1) is 24.1 Å². The summed E-state index contributed by atoms with van der Waals surface area (Å²) in [5.41, 5.74) is 0.747. The Kier molecular flexibility index (Phi) is 6.39. The molecule has 1 saturated carbocycles. The van der Waals surface area contributed by atoms with E-state index < -0.39 is 35.8 Å². The predicted octanol–water partition coefficient (Wildman–Crippen LogP) is 3.61. The highest BCUT2D eigenvalue weighted by molar-refractivity contribution is 6.31. The molecule has 0 bridgehead atoms. The van der Waals surface area contributed by atoms with E-state index in [0.29, 0.717) is 17.0 Å². The third-order valence-corrected chi connectivity index (χ3v) is 6.11. The van der Waals surface area contributed by atoms with Gasteiger partial charge < -0.3 is 15.5 Å². The predicted molar refractivity (Wildman–Crippen MR) is 113 cm³/mol. The third kappa shape index (κ3) is 4.88. The van der Waals surface area contributed by atoms with E-state index in [1.54, 1.807) is 24.3 Å². The summed E-state index contributed by atoms with van der Waals surface area (Å²) in [7, 11) is 0. The number of benzene rings is 1. The van der Waals surface area contributed by atoms with E-state index in [4.69, 9.17) is 11.6 Å². The first-order chi connectivity index (χ1) is 15.2. The molecule has 0 radical (unpaired) electrons. The molecule has 10 heteroatoms. The van der Waals surface area contributed by atoms with Gasteiger partial charge in [-0.1, -0.05) is 29.8 Å². The van der Waals surface area contributed by atoms with E-state index in [1.165, 1.54) is 17.2 Å². The molecule has 2 fully saturated rings. The number of carbonyl (C=O) groups excluding carboxylic acids is 2. The zero-order valence-electron chi connectivity index (χ0n) is 17.0. The number of alkyl halides is 2. The fourth-order valence-corrected chi connectivity index (χ4v) is 4.39. The van der Waals surface area contributed by atoms with E-state index in [0.717, 1.165) is 6.20 Å². The topological polar surface area (TPSA) is 74.3 Å². The van der Waals surface area contributed by atoms with Gasteiger partial charge in [0.15, 0.2) is 0 Å². The molecule has 2 aromatic rings. The number of anilines is 1. The molecular formula is C22H22ClF3N4O2. The molecule has 1 unspecified atom stereocenters. The highest BCUT2D eigenvalue weighted by Crippen LogP contribution is 2.38. The Labute approximate surface area is 188 Å². The van der Waals surface area contributed by atoms with E-state index in [1.807, 2.05) is 0 Å². The van der Waals surface area contributed by atoms with Crippen LogP contribution in [-0.2, 0) is 9.59 Å². The highest BCUT2D eigenvalue weighted by atomic mass is 35.5. The molecule has 2 aliphatic rings. The van der Waals surface area contributed by atoms with Crippen molar-refractivity contribution in [1.82, 2.24) is 15.6 Å². The minimum atomic E-state index is -2.70. The Hall–Kier alpha value is -2.65. The van der Waals surface area contributed by atoms with Crippen molar-refractivity contribution in [2.24, 2.45) is 0 Å². The lowest BCUT2D eigenvalue weighted by Crippen LogP contribution is -2.53. The molecule has 1 aliphatic carbocycles. The lowest BCUT2D eigenvalue weighted by Gasteiger charge is -2.39. The molecule has 2 amide bonds. The summed E-state index contributed by atoms with van der Waals surface area (Å²) in [6.45, 7) is 0.105. The van der Waals surface area contributed by atoms with Crippen LogP contribution in [0.5, 0.6) is 0 Å². The Morgan fingerprint density at radius 2 is 2.06 bits per heavy atom. The van der Waals surface area contributed by atoms with Crippen molar-refractivity contribution in [3.63, 3.8) is 0 Å². The van der Waals surface area contributed by atoms with Gasteiger partial charge in [-0.2, -0.15) is 0 Å². The number of carbonyl (C=O) groups is 2. The first-order valence-corrected chi connectivity index (χ1v) is 10.7. The summed E-state index contributed by atoms with van der Waals surface area (Å²) in [6, 6.07) is 6.09. The van der Waals surface area contributed by atoms with Crippen LogP contribution < -0.4 is 15.5 Å². The van der Waals surface area contributed by atoms with Crippen molar-refractivity contribution in [2.75, 3.05) is 11.4 Å². The summed E-state index contributed by atoms with van der Waals surface area (Å²) in [5.74, 6) is -4.04. The first kappa shape index (κ1) is 22.5. The van der Waals surface area contributed by atoms with Crippen molar-refractivity contribution in [3.05, 3.63) is 59.1 Å². The van der Waals surface area contributed by atoms with Gasteiger partial charge in [0.2, 0.25) is 11.8 Å². The van der Waals surface area contributed by atoms with Gasteiger partial charge in [-0.05, 0) is 18.1 Å². The van der Waals surface area contributed by atoms with Crippen LogP contribution in [0.1, 0.15) is 37.3 Å². The van der Waals surface area contributed by atoms with Crippen LogP contribution in [0.4, 0.5) is 18.9 Å². The number of amides is 2. The molecule has 2 N–H and O–H groups in total. The number of rotatable bonds is 7. The van der Waals surface area contributed by atoms with Gasteiger partial charge in [0.25, 0.3) is 5.92 Å². The van der Waals surface area contributed by atoms with Gasteiger partial charge in [0, 0.05) is 42.9 Å². The van der Waals surface area contributed by atoms with Crippen LogP contribution in [-0.4, -0.2) is 41.3 Å². The Morgan fingerprint density at radius 3 is 2.69 bits per heavy atom. The zero-order chi connectivity index (χ0) is 22.9. The van der Waals surface area contributed by atoms with Crippen LogP contribution in [0.3, 0.4) is 0 Å². The Balaban J connectivity index is 1.70. The molecule has 6 nitrogen and oxygen atoms in total. The van der Waals surface area contributed by atoms with Gasteiger partial charge >= 0.3 is 0 Å². The maximum atomic E-state index is 14.0. The second-order valence-corrected chi connectivity index (χ2v) is 8.54. The zero-order valence-corrected chi connectivity index (χ0v) is 17.8. The maximum absolute atomic E-state index is 14.0. The summed E-state index contributed by atoms with van der Waals surface area (Å²) >= 11 is 6.43. The highest BCUT2D eigenvalue weighted by Gasteiger charge is 2.45. The normalized spacial score (nSPS) is 21.0.